The van der Waals surface area contributed by atoms with Crippen LogP contribution in [0, 0.1) is 23.1 Å². The maximum Gasteiger partial charge on any atom is 0.212 e. The van der Waals surface area contributed by atoms with Gasteiger partial charge in [0.1, 0.15) is 23.1 Å². The van der Waals surface area contributed by atoms with Crippen molar-refractivity contribution in [3.63, 3.8) is 0 Å². The van der Waals surface area contributed by atoms with Gasteiger partial charge in [-0.2, -0.15) is 9.65 Å². The first kappa shape index (κ1) is 17.7. The zero-order valence-electron chi connectivity index (χ0n) is 14.8. The zero-order chi connectivity index (χ0) is 19.7. The van der Waals surface area contributed by atoms with Gasteiger partial charge in [-0.15, -0.1) is 0 Å². The summed E-state index contributed by atoms with van der Waals surface area (Å²) < 4.78 is 26.9. The van der Waals surface area contributed by atoms with Crippen LogP contribution in [0.15, 0.2) is 59.9 Å². The molecule has 2 aromatic heterocycles. The van der Waals surface area contributed by atoms with E-state index >= 15 is 0 Å². The number of nitriles is 1. The number of hydrogen-bond donors (Lipinski definition) is 1. The normalized spacial score (nSPS) is 20.9. The van der Waals surface area contributed by atoms with Crippen LogP contribution in [0.1, 0.15) is 29.6 Å². The van der Waals surface area contributed by atoms with E-state index in [1.54, 1.807) is 18.2 Å². The van der Waals surface area contributed by atoms with Gasteiger partial charge in [-0.25, -0.2) is 19.3 Å². The number of nitrogens with zero attached hydrogens (tertiary/aromatic N) is 5. The van der Waals surface area contributed by atoms with Crippen molar-refractivity contribution in [1.29, 1.82) is 5.26 Å². The lowest BCUT2D eigenvalue weighted by atomic mass is 9.79. The summed E-state index contributed by atoms with van der Waals surface area (Å²) >= 11 is 0. The number of amidine groups is 1. The van der Waals surface area contributed by atoms with Crippen molar-refractivity contribution in [3.05, 3.63) is 89.3 Å². The van der Waals surface area contributed by atoms with Crippen molar-refractivity contribution < 1.29 is 8.78 Å². The fourth-order valence-corrected chi connectivity index (χ4v) is 3.38. The van der Waals surface area contributed by atoms with Gasteiger partial charge in [-0.05, 0) is 36.8 Å². The Kier molecular flexibility index (Phi) is 4.28. The maximum absolute atomic E-state index is 13.5. The van der Waals surface area contributed by atoms with Crippen molar-refractivity contribution in [1.82, 2.24) is 20.3 Å². The van der Waals surface area contributed by atoms with Gasteiger partial charge in [0, 0.05) is 18.0 Å². The Balaban J connectivity index is 1.84. The third kappa shape index (κ3) is 2.87. The molecule has 1 N–H and O–H groups in total. The molecular formula is C20H14F2N6. The smallest absolute Gasteiger partial charge is 0.212 e. The van der Waals surface area contributed by atoms with E-state index in [9.17, 15) is 8.78 Å². The summed E-state index contributed by atoms with van der Waals surface area (Å²) in [6.45, 7) is 1.88. The molecule has 1 aliphatic heterocycles. The van der Waals surface area contributed by atoms with Crippen molar-refractivity contribution >= 4 is 5.84 Å². The number of aromatic nitrogens is 3. The van der Waals surface area contributed by atoms with Crippen molar-refractivity contribution in [3.8, 4) is 6.07 Å². The highest BCUT2D eigenvalue weighted by atomic mass is 19.1. The second-order valence-electron chi connectivity index (χ2n) is 6.34. The topological polar surface area (TPSA) is 86.8 Å². The van der Waals surface area contributed by atoms with Gasteiger partial charge in [0.15, 0.2) is 11.7 Å². The fourth-order valence-electron chi connectivity index (χ4n) is 3.38. The molecule has 138 valence electrons. The van der Waals surface area contributed by atoms with Gasteiger partial charge >= 0.3 is 0 Å². The van der Waals surface area contributed by atoms with E-state index in [1.807, 2.05) is 13.0 Å². The Morgan fingerprint density at radius 3 is 2.46 bits per heavy atom. The third-order valence-corrected chi connectivity index (χ3v) is 4.73. The highest BCUT2D eigenvalue weighted by molar-refractivity contribution is 5.98. The molecule has 1 aromatic carbocycles. The van der Waals surface area contributed by atoms with Crippen LogP contribution in [0.25, 0.3) is 0 Å². The zero-order valence-corrected chi connectivity index (χ0v) is 14.8. The molecule has 0 aliphatic carbocycles. The molecule has 1 aliphatic rings. The minimum absolute atomic E-state index is 0.213. The summed E-state index contributed by atoms with van der Waals surface area (Å²) in [5.74, 6) is -0.314. The standard InChI is InChI=1S/C20H14F2N6/c1-12-20(13-2-5-15(21)6-3-13,14-4-7-17(22)25-11-14)28-19(26-12)18-24-9-8-16(10-23)27-18/h2-9,11-12H,1H3,(H,26,28)/t12-,20?/m0/s1. The number of rotatable bonds is 3. The second kappa shape index (κ2) is 6.78. The largest absolute Gasteiger partial charge is 0.352 e. The van der Waals surface area contributed by atoms with E-state index < -0.39 is 11.5 Å². The summed E-state index contributed by atoms with van der Waals surface area (Å²) in [5, 5.41) is 12.4. The predicted octanol–water partition coefficient (Wildman–Crippen LogP) is 2.70. The molecular weight excluding hydrogens is 362 g/mol. The molecule has 1 unspecified atom stereocenters. The number of nitrogens with one attached hydrogen (secondary N) is 1. The Hall–Kier alpha value is -3.73. The molecule has 0 amide bonds. The predicted molar refractivity (Wildman–Crippen MR) is 97.3 cm³/mol. The summed E-state index contributed by atoms with van der Waals surface area (Å²) in [7, 11) is 0. The highest BCUT2D eigenvalue weighted by Gasteiger charge is 2.46. The minimum atomic E-state index is -0.921. The van der Waals surface area contributed by atoms with Crippen molar-refractivity contribution in [2.75, 3.05) is 0 Å². The Morgan fingerprint density at radius 1 is 1.04 bits per heavy atom. The fraction of sp³-hybridized carbons (Fsp3) is 0.150. The third-order valence-electron chi connectivity index (χ3n) is 4.73. The van der Waals surface area contributed by atoms with Crippen LogP contribution < -0.4 is 5.32 Å². The van der Waals surface area contributed by atoms with Crippen LogP contribution in [0.5, 0.6) is 0 Å². The van der Waals surface area contributed by atoms with Gasteiger partial charge in [0.2, 0.25) is 5.95 Å². The lowest BCUT2D eigenvalue weighted by Crippen LogP contribution is -2.48. The number of pyridine rings is 1. The van der Waals surface area contributed by atoms with Gasteiger partial charge in [0.25, 0.3) is 0 Å². The highest BCUT2D eigenvalue weighted by Crippen LogP contribution is 2.38. The molecule has 0 spiro atoms. The first-order valence-electron chi connectivity index (χ1n) is 8.50. The molecule has 0 saturated heterocycles. The Labute approximate surface area is 159 Å². The average Bonchev–Trinajstić information content (AvgIpc) is 3.07. The number of benzene rings is 1. The maximum atomic E-state index is 13.5. The molecule has 0 bridgehead atoms. The SMILES string of the molecule is C[C@@H]1N=C(c2nccc(C#N)n2)NC1(c1ccc(F)cc1)c1ccc(F)nc1. The lowest BCUT2D eigenvalue weighted by Gasteiger charge is -2.34. The van der Waals surface area contributed by atoms with Crippen LogP contribution >= 0.6 is 0 Å². The molecule has 3 heterocycles. The van der Waals surface area contributed by atoms with Crippen LogP contribution in [0.2, 0.25) is 0 Å². The van der Waals surface area contributed by atoms with Crippen LogP contribution in [0.4, 0.5) is 8.78 Å². The van der Waals surface area contributed by atoms with E-state index in [-0.39, 0.29) is 23.4 Å². The summed E-state index contributed by atoms with van der Waals surface area (Å²) in [5.41, 5.74) is 0.675. The molecule has 2 atom stereocenters. The molecule has 4 rings (SSSR count). The lowest BCUT2D eigenvalue weighted by molar-refractivity contribution is 0.430. The van der Waals surface area contributed by atoms with Crippen LogP contribution in [0.3, 0.4) is 0 Å². The second-order valence-corrected chi connectivity index (χ2v) is 6.34. The van der Waals surface area contributed by atoms with Gasteiger partial charge in [-0.3, -0.25) is 4.99 Å². The minimum Gasteiger partial charge on any atom is -0.352 e. The first-order chi connectivity index (χ1) is 13.5. The summed E-state index contributed by atoms with van der Waals surface area (Å²) in [6.07, 6.45) is 2.90. The molecule has 0 fully saturated rings. The van der Waals surface area contributed by atoms with Crippen molar-refractivity contribution in [2.24, 2.45) is 4.99 Å². The Bertz CT molecular complexity index is 1040. The molecule has 0 radical (unpaired) electrons. The molecule has 8 heteroatoms. The number of hydrogen-bond acceptors (Lipinski definition) is 6. The van der Waals surface area contributed by atoms with Crippen LogP contribution in [-0.2, 0) is 5.54 Å². The molecule has 28 heavy (non-hydrogen) atoms. The van der Waals surface area contributed by atoms with Gasteiger partial charge in [0.05, 0.1) is 6.04 Å². The van der Waals surface area contributed by atoms with E-state index in [0.717, 1.165) is 5.56 Å². The summed E-state index contributed by atoms with van der Waals surface area (Å²) in [4.78, 5) is 16.8. The average molecular weight is 376 g/mol. The first-order valence-corrected chi connectivity index (χ1v) is 8.50. The number of aliphatic imine (C=N–C) groups is 1. The van der Waals surface area contributed by atoms with Crippen molar-refractivity contribution in [2.45, 2.75) is 18.5 Å². The number of halogens is 2. The van der Waals surface area contributed by atoms with E-state index in [0.29, 0.717) is 11.4 Å². The quantitative estimate of drug-likeness (QED) is 0.710. The van der Waals surface area contributed by atoms with Gasteiger partial charge < -0.3 is 5.32 Å². The Morgan fingerprint density at radius 2 is 1.79 bits per heavy atom. The van der Waals surface area contributed by atoms with E-state index in [2.05, 4.69) is 25.3 Å². The van der Waals surface area contributed by atoms with E-state index in [4.69, 9.17) is 5.26 Å². The molecule has 3 aromatic rings. The van der Waals surface area contributed by atoms with E-state index in [1.165, 1.54) is 36.7 Å². The van der Waals surface area contributed by atoms with Gasteiger partial charge in [-0.1, -0.05) is 18.2 Å². The van der Waals surface area contributed by atoms with Crippen LogP contribution in [-0.4, -0.2) is 26.8 Å². The monoisotopic (exact) mass is 376 g/mol. The summed E-state index contributed by atoms with van der Waals surface area (Å²) in [6, 6.07) is 12.0. The molecule has 0 saturated carbocycles. The molecule has 6 nitrogen and oxygen atoms in total.